The van der Waals surface area contributed by atoms with Crippen LogP contribution in [0.3, 0.4) is 0 Å². The third-order valence-corrected chi connectivity index (χ3v) is 6.47. The Hall–Kier alpha value is -3.28. The molecule has 152 valence electrons. The molecule has 2 aromatic carbocycles. The molecule has 0 aliphatic carbocycles. The van der Waals surface area contributed by atoms with Crippen LogP contribution < -0.4 is 5.56 Å². The van der Waals surface area contributed by atoms with Gasteiger partial charge in [-0.15, -0.1) is 10.2 Å². The number of carbonyl (C=O) groups is 1. The molecule has 0 radical (unpaired) electrons. The summed E-state index contributed by atoms with van der Waals surface area (Å²) in [7, 11) is 0. The fraction of sp³-hybridized carbons (Fsp3) is 0.333. The predicted molar refractivity (Wildman–Crippen MR) is 114 cm³/mol. The minimum Gasteiger partial charge on any atom is -0.341 e. The van der Waals surface area contributed by atoms with E-state index in [1.54, 1.807) is 4.57 Å². The van der Waals surface area contributed by atoms with Crippen LogP contribution in [0.1, 0.15) is 29.8 Å². The first-order valence-corrected chi connectivity index (χ1v) is 10.4. The number of hydrogen-bond donors (Lipinski definition) is 0. The van der Waals surface area contributed by atoms with Gasteiger partial charge in [0.1, 0.15) is 5.82 Å². The van der Waals surface area contributed by atoms with Crippen LogP contribution in [0.4, 0.5) is 0 Å². The van der Waals surface area contributed by atoms with Gasteiger partial charge in [0.15, 0.2) is 5.69 Å². The maximum atomic E-state index is 13.1. The summed E-state index contributed by atoms with van der Waals surface area (Å²) in [5.41, 5.74) is 3.04. The van der Waals surface area contributed by atoms with Gasteiger partial charge in [-0.1, -0.05) is 60.2 Å². The summed E-state index contributed by atoms with van der Waals surface area (Å²) in [5, 5.41) is 8.79. The van der Waals surface area contributed by atoms with Crippen LogP contribution in [0.15, 0.2) is 59.4 Å². The lowest BCUT2D eigenvalue weighted by Crippen LogP contribution is -2.36. The van der Waals surface area contributed by atoms with E-state index in [1.165, 1.54) is 5.56 Å². The number of amides is 1. The summed E-state index contributed by atoms with van der Waals surface area (Å²) in [6.07, 6.45) is 2.05. The van der Waals surface area contributed by atoms with Gasteiger partial charge >= 0.3 is 0 Å². The van der Waals surface area contributed by atoms with Gasteiger partial charge in [0.2, 0.25) is 5.91 Å². The standard InChI is InChI=1S/C24H24N4O2/c1-17-7-9-18(10-8-17)15-20(29)27-13-11-24(16-27)12-14-28-22(30)21(25-26-23(24)28)19-5-3-2-4-6-19/h2-10H,11-16H2,1H3/t24-/m0/s1. The lowest BCUT2D eigenvalue weighted by molar-refractivity contribution is -0.129. The Balaban J connectivity index is 1.38. The van der Waals surface area contributed by atoms with Crippen LogP contribution in [0, 0.1) is 6.92 Å². The number of aromatic nitrogens is 3. The number of carbonyl (C=O) groups excluding carboxylic acids is 1. The second-order valence-electron chi connectivity index (χ2n) is 8.45. The molecule has 0 unspecified atom stereocenters. The predicted octanol–water partition coefficient (Wildman–Crippen LogP) is 2.73. The van der Waals surface area contributed by atoms with Crippen LogP contribution in [0.25, 0.3) is 11.3 Å². The Labute approximate surface area is 175 Å². The molecule has 6 heteroatoms. The molecular formula is C24H24N4O2. The van der Waals surface area contributed by atoms with Gasteiger partial charge in [0.05, 0.1) is 11.8 Å². The van der Waals surface area contributed by atoms with Crippen molar-refractivity contribution in [3.8, 4) is 11.3 Å². The number of benzene rings is 2. The highest BCUT2D eigenvalue weighted by molar-refractivity contribution is 5.79. The van der Waals surface area contributed by atoms with E-state index in [4.69, 9.17) is 0 Å². The van der Waals surface area contributed by atoms with E-state index < -0.39 is 0 Å². The van der Waals surface area contributed by atoms with Crippen molar-refractivity contribution < 1.29 is 4.79 Å². The topological polar surface area (TPSA) is 68.1 Å². The van der Waals surface area contributed by atoms with Gasteiger partial charge in [0.25, 0.3) is 5.56 Å². The summed E-state index contributed by atoms with van der Waals surface area (Å²) in [6.45, 7) is 3.97. The molecule has 1 aromatic heterocycles. The molecule has 3 aromatic rings. The number of nitrogens with zero attached hydrogens (tertiary/aromatic N) is 4. The second-order valence-corrected chi connectivity index (χ2v) is 8.45. The summed E-state index contributed by atoms with van der Waals surface area (Å²) >= 11 is 0. The molecule has 1 saturated heterocycles. The lowest BCUT2D eigenvalue weighted by Gasteiger charge is -2.23. The Morgan fingerprint density at radius 3 is 2.50 bits per heavy atom. The van der Waals surface area contributed by atoms with Gasteiger partial charge in [0, 0.05) is 25.2 Å². The van der Waals surface area contributed by atoms with Crippen LogP contribution in [-0.2, 0) is 23.2 Å². The molecule has 2 aliphatic heterocycles. The van der Waals surface area contributed by atoms with E-state index in [9.17, 15) is 9.59 Å². The monoisotopic (exact) mass is 400 g/mol. The molecule has 1 atom stereocenters. The van der Waals surface area contributed by atoms with Crippen molar-refractivity contribution in [2.75, 3.05) is 13.1 Å². The lowest BCUT2D eigenvalue weighted by atomic mass is 9.85. The van der Waals surface area contributed by atoms with E-state index in [-0.39, 0.29) is 16.9 Å². The van der Waals surface area contributed by atoms with Crippen molar-refractivity contribution in [2.45, 2.75) is 38.1 Å². The molecule has 0 N–H and O–H groups in total. The number of rotatable bonds is 3. The summed E-state index contributed by atoms with van der Waals surface area (Å²) in [6, 6.07) is 17.6. The van der Waals surface area contributed by atoms with Crippen molar-refractivity contribution in [3.05, 3.63) is 81.9 Å². The van der Waals surface area contributed by atoms with E-state index in [2.05, 4.69) is 10.2 Å². The largest absolute Gasteiger partial charge is 0.341 e. The molecule has 6 nitrogen and oxygen atoms in total. The number of aryl methyl sites for hydroxylation is 1. The third kappa shape index (κ3) is 3.12. The smallest absolute Gasteiger partial charge is 0.280 e. The highest BCUT2D eigenvalue weighted by Crippen LogP contribution is 2.40. The van der Waals surface area contributed by atoms with Gasteiger partial charge in [-0.3, -0.25) is 14.2 Å². The zero-order valence-corrected chi connectivity index (χ0v) is 17.0. The molecule has 30 heavy (non-hydrogen) atoms. The van der Waals surface area contributed by atoms with Crippen molar-refractivity contribution in [2.24, 2.45) is 0 Å². The maximum absolute atomic E-state index is 13.1. The van der Waals surface area contributed by atoms with E-state index in [0.29, 0.717) is 31.7 Å². The SMILES string of the molecule is Cc1ccc(CC(=O)N2CC[C@]3(CCn4c3nnc(-c3ccccc3)c4=O)C2)cc1. The number of hydrogen-bond acceptors (Lipinski definition) is 4. The van der Waals surface area contributed by atoms with E-state index in [1.807, 2.05) is 66.4 Å². The van der Waals surface area contributed by atoms with E-state index in [0.717, 1.165) is 29.8 Å². The maximum Gasteiger partial charge on any atom is 0.280 e. The highest BCUT2D eigenvalue weighted by Gasteiger charge is 2.48. The van der Waals surface area contributed by atoms with Crippen LogP contribution >= 0.6 is 0 Å². The van der Waals surface area contributed by atoms with Crippen molar-refractivity contribution >= 4 is 5.91 Å². The average Bonchev–Trinajstić information content (AvgIpc) is 3.36. The highest BCUT2D eigenvalue weighted by atomic mass is 16.2. The molecule has 3 heterocycles. The summed E-state index contributed by atoms with van der Waals surface area (Å²) in [4.78, 5) is 27.9. The van der Waals surface area contributed by atoms with Crippen LogP contribution in [0.2, 0.25) is 0 Å². The van der Waals surface area contributed by atoms with E-state index >= 15 is 0 Å². The van der Waals surface area contributed by atoms with Crippen molar-refractivity contribution in [1.29, 1.82) is 0 Å². The molecule has 0 saturated carbocycles. The third-order valence-electron chi connectivity index (χ3n) is 6.47. The fourth-order valence-corrected chi connectivity index (χ4v) is 4.70. The average molecular weight is 400 g/mol. The fourth-order valence-electron chi connectivity index (χ4n) is 4.70. The van der Waals surface area contributed by atoms with Crippen molar-refractivity contribution in [3.63, 3.8) is 0 Å². The van der Waals surface area contributed by atoms with Gasteiger partial charge in [-0.05, 0) is 25.3 Å². The zero-order chi connectivity index (χ0) is 20.7. The number of likely N-dealkylation sites (tertiary alicyclic amines) is 1. The van der Waals surface area contributed by atoms with Gasteiger partial charge in [-0.25, -0.2) is 0 Å². The number of fused-ring (bicyclic) bond motifs is 2. The van der Waals surface area contributed by atoms with Gasteiger partial charge in [-0.2, -0.15) is 0 Å². The zero-order valence-electron chi connectivity index (χ0n) is 17.0. The summed E-state index contributed by atoms with van der Waals surface area (Å²) in [5.74, 6) is 0.864. The first-order valence-electron chi connectivity index (χ1n) is 10.4. The minimum absolute atomic E-state index is 0.0903. The molecule has 1 amide bonds. The Kier molecular flexibility index (Phi) is 4.50. The van der Waals surface area contributed by atoms with Gasteiger partial charge < -0.3 is 4.90 Å². The van der Waals surface area contributed by atoms with Crippen molar-refractivity contribution in [1.82, 2.24) is 19.7 Å². The molecule has 1 spiro atoms. The Bertz CT molecular complexity index is 1150. The molecule has 0 bridgehead atoms. The first-order chi connectivity index (χ1) is 14.6. The Morgan fingerprint density at radius 2 is 1.73 bits per heavy atom. The molecule has 1 fully saturated rings. The van der Waals surface area contributed by atoms with Crippen LogP contribution in [-0.4, -0.2) is 38.7 Å². The minimum atomic E-state index is -0.260. The molecule has 5 rings (SSSR count). The Morgan fingerprint density at radius 1 is 1.00 bits per heavy atom. The normalized spacial score (nSPS) is 20.0. The van der Waals surface area contributed by atoms with Crippen LogP contribution in [0.5, 0.6) is 0 Å². The molecule has 2 aliphatic rings. The second kappa shape index (κ2) is 7.20. The first kappa shape index (κ1) is 18.7. The molecular weight excluding hydrogens is 376 g/mol. The summed E-state index contributed by atoms with van der Waals surface area (Å²) < 4.78 is 1.77. The quantitative estimate of drug-likeness (QED) is 0.678.